The van der Waals surface area contributed by atoms with Crippen LogP contribution in [0.5, 0.6) is 5.75 Å². The number of nitrogens with zero attached hydrogens (tertiary/aromatic N) is 4. The Morgan fingerprint density at radius 3 is 2.52 bits per heavy atom. The number of benzene rings is 2. The van der Waals surface area contributed by atoms with Crippen molar-refractivity contribution in [2.45, 2.75) is 20.8 Å². The number of azo groups is 1. The maximum Gasteiger partial charge on any atom is 0.187 e. The van der Waals surface area contributed by atoms with Crippen molar-refractivity contribution in [1.29, 1.82) is 0 Å². The molecule has 0 bridgehead atoms. The van der Waals surface area contributed by atoms with Crippen molar-refractivity contribution >= 4 is 17.2 Å². The van der Waals surface area contributed by atoms with E-state index >= 15 is 0 Å². The van der Waals surface area contributed by atoms with E-state index in [2.05, 4.69) is 42.3 Å². The van der Waals surface area contributed by atoms with Gasteiger partial charge in [0.25, 0.3) is 0 Å². The molecule has 0 amide bonds. The van der Waals surface area contributed by atoms with E-state index in [9.17, 15) is 5.11 Å². The van der Waals surface area contributed by atoms with Gasteiger partial charge in [0.1, 0.15) is 17.1 Å². The molecule has 4 rings (SSSR count). The van der Waals surface area contributed by atoms with Crippen molar-refractivity contribution in [3.63, 3.8) is 0 Å². The third kappa shape index (κ3) is 3.31. The first-order chi connectivity index (χ1) is 13.0. The lowest BCUT2D eigenvalue weighted by Crippen LogP contribution is -1.85. The van der Waals surface area contributed by atoms with Gasteiger partial charge in [0.2, 0.25) is 0 Å². The summed E-state index contributed by atoms with van der Waals surface area (Å²) in [5.74, 6) is 0.825. The monoisotopic (exact) mass is 356 g/mol. The summed E-state index contributed by atoms with van der Waals surface area (Å²) >= 11 is 0. The smallest absolute Gasteiger partial charge is 0.187 e. The zero-order chi connectivity index (χ0) is 19.0. The van der Waals surface area contributed by atoms with Crippen molar-refractivity contribution in [2.24, 2.45) is 10.2 Å². The van der Waals surface area contributed by atoms with Crippen molar-refractivity contribution in [3.8, 4) is 17.0 Å². The van der Waals surface area contributed by atoms with E-state index in [4.69, 9.17) is 4.98 Å². The molecule has 0 radical (unpaired) electrons. The van der Waals surface area contributed by atoms with Gasteiger partial charge in [0.15, 0.2) is 5.82 Å². The molecule has 0 aliphatic rings. The highest BCUT2D eigenvalue weighted by Crippen LogP contribution is 2.33. The van der Waals surface area contributed by atoms with E-state index in [-0.39, 0.29) is 5.75 Å². The SMILES string of the molecule is Cc1ccn2c(N=Nc3cccc(O)c3)c(-c3ccc(C)c(C)c3)nc2c1. The number of pyridine rings is 1. The van der Waals surface area contributed by atoms with Crippen LogP contribution in [0, 0.1) is 20.8 Å². The Labute approximate surface area is 157 Å². The Balaban J connectivity index is 1.90. The van der Waals surface area contributed by atoms with Gasteiger partial charge >= 0.3 is 0 Å². The second-order valence-electron chi connectivity index (χ2n) is 6.74. The third-order valence-electron chi connectivity index (χ3n) is 4.63. The lowest BCUT2D eigenvalue weighted by atomic mass is 10.0. The molecule has 2 aromatic carbocycles. The minimum atomic E-state index is 0.162. The molecule has 0 saturated carbocycles. The molecule has 134 valence electrons. The van der Waals surface area contributed by atoms with Crippen LogP contribution < -0.4 is 0 Å². The molecule has 27 heavy (non-hydrogen) atoms. The fourth-order valence-corrected chi connectivity index (χ4v) is 2.97. The van der Waals surface area contributed by atoms with E-state index in [1.807, 2.05) is 29.7 Å². The third-order valence-corrected chi connectivity index (χ3v) is 4.63. The second-order valence-corrected chi connectivity index (χ2v) is 6.74. The van der Waals surface area contributed by atoms with Gasteiger partial charge in [0.05, 0.1) is 5.69 Å². The summed E-state index contributed by atoms with van der Waals surface area (Å²) in [6.45, 7) is 6.22. The Morgan fingerprint density at radius 1 is 0.889 bits per heavy atom. The highest BCUT2D eigenvalue weighted by molar-refractivity contribution is 5.75. The molecule has 0 aliphatic heterocycles. The first-order valence-electron chi connectivity index (χ1n) is 8.78. The van der Waals surface area contributed by atoms with E-state index in [0.29, 0.717) is 11.5 Å². The van der Waals surface area contributed by atoms with Crippen LogP contribution in [-0.2, 0) is 0 Å². The minimum Gasteiger partial charge on any atom is -0.508 e. The van der Waals surface area contributed by atoms with Gasteiger partial charge in [-0.15, -0.1) is 10.2 Å². The number of hydrogen-bond acceptors (Lipinski definition) is 4. The number of hydrogen-bond donors (Lipinski definition) is 1. The molecule has 0 aliphatic carbocycles. The van der Waals surface area contributed by atoms with Gasteiger partial charge in [-0.25, -0.2) is 4.98 Å². The van der Waals surface area contributed by atoms with Crippen LogP contribution in [0.15, 0.2) is 71.0 Å². The van der Waals surface area contributed by atoms with E-state index in [1.165, 1.54) is 11.1 Å². The number of aryl methyl sites for hydroxylation is 3. The van der Waals surface area contributed by atoms with Crippen LogP contribution in [0.1, 0.15) is 16.7 Å². The van der Waals surface area contributed by atoms with Gasteiger partial charge in [-0.2, -0.15) is 0 Å². The molecule has 2 heterocycles. The highest BCUT2D eigenvalue weighted by Gasteiger charge is 2.15. The minimum absolute atomic E-state index is 0.162. The summed E-state index contributed by atoms with van der Waals surface area (Å²) in [4.78, 5) is 4.80. The molecule has 0 saturated heterocycles. The number of fused-ring (bicyclic) bond motifs is 1. The van der Waals surface area contributed by atoms with Crippen molar-refractivity contribution in [2.75, 3.05) is 0 Å². The standard InChI is InChI=1S/C22H20N4O/c1-14-9-10-26-20(11-14)23-21(17-8-7-15(2)16(3)12-17)22(26)25-24-18-5-4-6-19(27)13-18/h4-13,27H,1-3H3. The number of rotatable bonds is 3. The molecule has 1 N–H and O–H groups in total. The van der Waals surface area contributed by atoms with Gasteiger partial charge in [-0.05, 0) is 67.8 Å². The molecule has 0 fully saturated rings. The van der Waals surface area contributed by atoms with E-state index < -0.39 is 0 Å². The first kappa shape index (κ1) is 17.0. The molecule has 4 aromatic rings. The zero-order valence-electron chi connectivity index (χ0n) is 15.5. The van der Waals surface area contributed by atoms with Gasteiger partial charge in [-0.1, -0.05) is 18.2 Å². The molecule has 0 unspecified atom stereocenters. The summed E-state index contributed by atoms with van der Waals surface area (Å²) in [5.41, 5.74) is 6.78. The predicted octanol–water partition coefficient (Wildman–Crippen LogP) is 6.05. The average molecular weight is 356 g/mol. The van der Waals surface area contributed by atoms with E-state index in [1.54, 1.807) is 24.3 Å². The molecular weight excluding hydrogens is 336 g/mol. The van der Waals surface area contributed by atoms with Crippen LogP contribution in [0.3, 0.4) is 0 Å². The Bertz CT molecular complexity index is 1170. The summed E-state index contributed by atoms with van der Waals surface area (Å²) in [5, 5.41) is 18.4. The maximum atomic E-state index is 9.64. The molecule has 5 nitrogen and oxygen atoms in total. The Kier molecular flexibility index (Phi) is 4.20. The molecular formula is C22H20N4O. The van der Waals surface area contributed by atoms with Crippen LogP contribution in [-0.4, -0.2) is 14.5 Å². The average Bonchev–Trinajstić information content (AvgIpc) is 3.00. The molecule has 2 aromatic heterocycles. The van der Waals surface area contributed by atoms with Gasteiger partial charge in [0, 0.05) is 17.8 Å². The zero-order valence-corrected chi connectivity index (χ0v) is 15.5. The van der Waals surface area contributed by atoms with Crippen molar-refractivity contribution in [3.05, 3.63) is 77.5 Å². The fourth-order valence-electron chi connectivity index (χ4n) is 2.97. The van der Waals surface area contributed by atoms with Gasteiger partial charge < -0.3 is 5.11 Å². The summed E-state index contributed by atoms with van der Waals surface area (Å²) in [6.07, 6.45) is 1.96. The Hall–Kier alpha value is -3.47. The second kappa shape index (κ2) is 6.68. The number of imidazole rings is 1. The Morgan fingerprint density at radius 2 is 1.74 bits per heavy atom. The number of aromatic nitrogens is 2. The number of phenolic OH excluding ortho intramolecular Hbond substituents is 1. The lowest BCUT2D eigenvalue weighted by Gasteiger charge is -2.04. The van der Waals surface area contributed by atoms with Crippen molar-refractivity contribution in [1.82, 2.24) is 9.38 Å². The first-order valence-corrected chi connectivity index (χ1v) is 8.78. The summed E-state index contributed by atoms with van der Waals surface area (Å²) < 4.78 is 1.93. The fraction of sp³-hybridized carbons (Fsp3) is 0.136. The van der Waals surface area contributed by atoms with Crippen molar-refractivity contribution < 1.29 is 5.11 Å². The molecule has 0 atom stereocenters. The van der Waals surface area contributed by atoms with Crippen LogP contribution >= 0.6 is 0 Å². The summed E-state index contributed by atoms with van der Waals surface area (Å²) in [7, 11) is 0. The quantitative estimate of drug-likeness (QED) is 0.454. The van der Waals surface area contributed by atoms with E-state index in [0.717, 1.165) is 22.5 Å². The number of phenols is 1. The largest absolute Gasteiger partial charge is 0.508 e. The number of aromatic hydroxyl groups is 1. The maximum absolute atomic E-state index is 9.64. The van der Waals surface area contributed by atoms with Gasteiger partial charge in [-0.3, -0.25) is 4.40 Å². The summed E-state index contributed by atoms with van der Waals surface area (Å²) in [6, 6.07) is 17.0. The predicted molar refractivity (Wildman–Crippen MR) is 107 cm³/mol. The highest BCUT2D eigenvalue weighted by atomic mass is 16.3. The molecule has 0 spiro atoms. The normalized spacial score (nSPS) is 11.5. The van der Waals surface area contributed by atoms with Crippen LogP contribution in [0.4, 0.5) is 11.5 Å². The van der Waals surface area contributed by atoms with Crippen LogP contribution in [0.25, 0.3) is 16.9 Å². The molecule has 5 heteroatoms. The lowest BCUT2D eigenvalue weighted by molar-refractivity contribution is 0.475. The topological polar surface area (TPSA) is 62.2 Å². The van der Waals surface area contributed by atoms with Crippen LogP contribution in [0.2, 0.25) is 0 Å².